The van der Waals surface area contributed by atoms with Crippen LogP contribution in [0.2, 0.25) is 0 Å². The molecule has 1 unspecified atom stereocenters. The van der Waals surface area contributed by atoms with Gasteiger partial charge in [-0.25, -0.2) is 0 Å². The smallest absolute Gasteiger partial charge is 0.119 e. The van der Waals surface area contributed by atoms with Crippen molar-refractivity contribution in [3.05, 3.63) is 60.2 Å². The Morgan fingerprint density at radius 3 is 2.63 bits per heavy atom. The van der Waals surface area contributed by atoms with Crippen LogP contribution in [0.25, 0.3) is 0 Å². The third kappa shape index (κ3) is 3.99. The third-order valence-corrected chi connectivity index (χ3v) is 3.96. The normalized spacial score (nSPS) is 12.1. The molecule has 0 fully saturated rings. The number of hydrogen-bond acceptors (Lipinski definition) is 4. The van der Waals surface area contributed by atoms with E-state index >= 15 is 0 Å². The molecular formula is C15H18N2OS. The molecule has 2 rings (SSSR count). The molecule has 0 bridgehead atoms. The molecule has 0 amide bonds. The molecule has 3 nitrogen and oxygen atoms in total. The van der Waals surface area contributed by atoms with E-state index in [1.54, 1.807) is 18.9 Å². The van der Waals surface area contributed by atoms with Crippen LogP contribution in [0.5, 0.6) is 5.75 Å². The first-order valence-electron chi connectivity index (χ1n) is 6.11. The first-order valence-corrected chi connectivity index (χ1v) is 7.10. The fraction of sp³-hybridized carbons (Fsp3) is 0.200. The van der Waals surface area contributed by atoms with Gasteiger partial charge in [-0.1, -0.05) is 30.3 Å². The summed E-state index contributed by atoms with van der Waals surface area (Å²) in [7, 11) is 1.67. The lowest BCUT2D eigenvalue weighted by molar-refractivity contribution is 0.413. The lowest BCUT2D eigenvalue weighted by Gasteiger charge is -2.16. The Bertz CT molecular complexity index is 505. The lowest BCUT2D eigenvalue weighted by Crippen LogP contribution is -2.29. The summed E-state index contributed by atoms with van der Waals surface area (Å²) in [5.74, 6) is 7.37. The first-order chi connectivity index (χ1) is 9.33. The number of nitrogens with one attached hydrogen (secondary N) is 1. The minimum Gasteiger partial charge on any atom is -0.497 e. The van der Waals surface area contributed by atoms with Gasteiger partial charge in [0.1, 0.15) is 5.75 Å². The van der Waals surface area contributed by atoms with E-state index in [2.05, 4.69) is 23.6 Å². The molecule has 0 radical (unpaired) electrons. The highest BCUT2D eigenvalue weighted by Gasteiger charge is 2.10. The molecule has 3 N–H and O–H groups in total. The lowest BCUT2D eigenvalue weighted by atomic mass is 10.1. The Kier molecular flexibility index (Phi) is 5.27. The van der Waals surface area contributed by atoms with Gasteiger partial charge in [-0.15, -0.1) is 11.8 Å². The van der Waals surface area contributed by atoms with Crippen LogP contribution in [0, 0.1) is 0 Å². The summed E-state index contributed by atoms with van der Waals surface area (Å²) in [5.41, 5.74) is 3.99. The predicted molar refractivity (Wildman–Crippen MR) is 80.2 cm³/mol. The van der Waals surface area contributed by atoms with Crippen LogP contribution in [0.1, 0.15) is 11.6 Å². The monoisotopic (exact) mass is 274 g/mol. The van der Waals surface area contributed by atoms with Crippen molar-refractivity contribution in [2.24, 2.45) is 5.84 Å². The zero-order valence-electron chi connectivity index (χ0n) is 10.9. The van der Waals surface area contributed by atoms with Gasteiger partial charge in [-0.2, -0.15) is 0 Å². The molecular weight excluding hydrogens is 256 g/mol. The van der Waals surface area contributed by atoms with Crippen LogP contribution in [0.15, 0.2) is 59.5 Å². The van der Waals surface area contributed by atoms with Gasteiger partial charge >= 0.3 is 0 Å². The molecule has 1 atom stereocenters. The van der Waals surface area contributed by atoms with Crippen LogP contribution in [0.4, 0.5) is 0 Å². The predicted octanol–water partition coefficient (Wildman–Crippen LogP) is 2.99. The molecule has 0 aliphatic rings. The van der Waals surface area contributed by atoms with Crippen LogP contribution < -0.4 is 16.0 Å². The number of hydrazine groups is 1. The second kappa shape index (κ2) is 7.19. The molecule has 2 aromatic rings. The van der Waals surface area contributed by atoms with E-state index in [9.17, 15) is 0 Å². The average molecular weight is 274 g/mol. The molecule has 100 valence electrons. The molecule has 19 heavy (non-hydrogen) atoms. The van der Waals surface area contributed by atoms with Crippen LogP contribution in [-0.4, -0.2) is 12.9 Å². The fourth-order valence-electron chi connectivity index (χ4n) is 1.80. The molecule has 0 saturated heterocycles. The van der Waals surface area contributed by atoms with Crippen molar-refractivity contribution in [2.45, 2.75) is 10.9 Å². The van der Waals surface area contributed by atoms with Crippen molar-refractivity contribution < 1.29 is 4.74 Å². The number of thioether (sulfide) groups is 1. The van der Waals surface area contributed by atoms with Gasteiger partial charge in [-0.05, 0) is 29.8 Å². The van der Waals surface area contributed by atoms with Crippen LogP contribution in [-0.2, 0) is 0 Å². The van der Waals surface area contributed by atoms with Crippen molar-refractivity contribution in [2.75, 3.05) is 12.9 Å². The van der Waals surface area contributed by atoms with Crippen molar-refractivity contribution in [1.82, 2.24) is 5.43 Å². The standard InChI is InChI=1S/C15H18N2OS/c1-18-13-7-5-6-12(10-13)15(17-16)11-19-14-8-3-2-4-9-14/h2-10,15,17H,11,16H2,1H3. The summed E-state index contributed by atoms with van der Waals surface area (Å²) in [5, 5.41) is 0. The summed E-state index contributed by atoms with van der Waals surface area (Å²) >= 11 is 1.78. The van der Waals surface area contributed by atoms with Gasteiger partial charge in [0, 0.05) is 10.6 Å². The Morgan fingerprint density at radius 1 is 1.16 bits per heavy atom. The first kappa shape index (κ1) is 13.9. The van der Waals surface area contributed by atoms with Crippen molar-refractivity contribution in [1.29, 1.82) is 0 Å². The van der Waals surface area contributed by atoms with E-state index < -0.39 is 0 Å². The largest absolute Gasteiger partial charge is 0.497 e. The molecule has 0 saturated carbocycles. The van der Waals surface area contributed by atoms with E-state index in [0.717, 1.165) is 17.1 Å². The summed E-state index contributed by atoms with van der Waals surface area (Å²) in [6.07, 6.45) is 0. The molecule has 0 aliphatic carbocycles. The van der Waals surface area contributed by atoms with Crippen LogP contribution in [0.3, 0.4) is 0 Å². The summed E-state index contributed by atoms with van der Waals surface area (Å²) in [6, 6.07) is 18.4. The Morgan fingerprint density at radius 2 is 1.95 bits per heavy atom. The molecule has 2 aromatic carbocycles. The van der Waals surface area contributed by atoms with E-state index in [0.29, 0.717) is 0 Å². The molecule has 4 heteroatoms. The highest BCUT2D eigenvalue weighted by molar-refractivity contribution is 7.99. The summed E-state index contributed by atoms with van der Waals surface area (Å²) in [6.45, 7) is 0. The number of rotatable bonds is 6. The molecule has 0 aliphatic heterocycles. The van der Waals surface area contributed by atoms with E-state index in [1.807, 2.05) is 36.4 Å². The minimum absolute atomic E-state index is 0.0975. The number of methoxy groups -OCH3 is 1. The molecule has 0 spiro atoms. The Labute approximate surface area is 118 Å². The van der Waals surface area contributed by atoms with Crippen molar-refractivity contribution >= 4 is 11.8 Å². The maximum atomic E-state index is 5.66. The Balaban J connectivity index is 2.03. The second-order valence-corrected chi connectivity index (χ2v) is 5.21. The van der Waals surface area contributed by atoms with Crippen LogP contribution >= 0.6 is 11.8 Å². The quantitative estimate of drug-likeness (QED) is 0.483. The maximum absolute atomic E-state index is 5.66. The van der Waals surface area contributed by atoms with E-state index in [1.165, 1.54) is 4.90 Å². The Hall–Kier alpha value is -1.49. The van der Waals surface area contributed by atoms with E-state index in [4.69, 9.17) is 10.6 Å². The SMILES string of the molecule is COc1cccc(C(CSc2ccccc2)NN)c1. The van der Waals surface area contributed by atoms with Gasteiger partial charge in [0.15, 0.2) is 0 Å². The number of nitrogens with two attached hydrogens (primary N) is 1. The average Bonchev–Trinajstić information content (AvgIpc) is 2.49. The van der Waals surface area contributed by atoms with Gasteiger partial charge in [-0.3, -0.25) is 11.3 Å². The fourth-order valence-corrected chi connectivity index (χ4v) is 2.79. The van der Waals surface area contributed by atoms with Crippen molar-refractivity contribution in [3.63, 3.8) is 0 Å². The highest BCUT2D eigenvalue weighted by Crippen LogP contribution is 2.25. The van der Waals surface area contributed by atoms with Crippen molar-refractivity contribution in [3.8, 4) is 5.75 Å². The number of ether oxygens (including phenoxy) is 1. The van der Waals surface area contributed by atoms with Gasteiger partial charge < -0.3 is 4.74 Å². The number of benzene rings is 2. The maximum Gasteiger partial charge on any atom is 0.119 e. The van der Waals surface area contributed by atoms with Gasteiger partial charge in [0.25, 0.3) is 0 Å². The summed E-state index contributed by atoms with van der Waals surface area (Å²) in [4.78, 5) is 1.24. The van der Waals surface area contributed by atoms with Gasteiger partial charge in [0.05, 0.1) is 13.2 Å². The zero-order chi connectivity index (χ0) is 13.5. The highest BCUT2D eigenvalue weighted by atomic mass is 32.2. The third-order valence-electron chi connectivity index (χ3n) is 2.86. The second-order valence-electron chi connectivity index (χ2n) is 4.12. The number of hydrogen-bond donors (Lipinski definition) is 2. The van der Waals surface area contributed by atoms with Gasteiger partial charge in [0.2, 0.25) is 0 Å². The zero-order valence-corrected chi connectivity index (χ0v) is 11.7. The summed E-state index contributed by atoms with van der Waals surface area (Å²) < 4.78 is 5.24. The molecule has 0 heterocycles. The topological polar surface area (TPSA) is 47.3 Å². The molecule has 0 aromatic heterocycles. The van der Waals surface area contributed by atoms with E-state index in [-0.39, 0.29) is 6.04 Å². The minimum atomic E-state index is 0.0975.